The van der Waals surface area contributed by atoms with Crippen molar-refractivity contribution in [3.8, 4) is 10.4 Å². The molecule has 0 aliphatic rings. The molecule has 0 aliphatic carbocycles. The van der Waals surface area contributed by atoms with Crippen molar-refractivity contribution in [3.05, 3.63) is 45.8 Å². The fourth-order valence-corrected chi connectivity index (χ4v) is 2.92. The highest BCUT2D eigenvalue weighted by molar-refractivity contribution is 7.15. The molecular weight excluding hydrogens is 262 g/mol. The van der Waals surface area contributed by atoms with Crippen LogP contribution in [-0.2, 0) is 6.54 Å². The van der Waals surface area contributed by atoms with E-state index in [0.29, 0.717) is 0 Å². The van der Waals surface area contributed by atoms with E-state index in [2.05, 4.69) is 36.5 Å². The van der Waals surface area contributed by atoms with Gasteiger partial charge in [0.25, 0.3) is 0 Å². The summed E-state index contributed by atoms with van der Waals surface area (Å²) in [4.78, 5) is 2.65. The summed E-state index contributed by atoms with van der Waals surface area (Å²) in [7, 11) is 0. The zero-order chi connectivity index (χ0) is 13.0. The van der Waals surface area contributed by atoms with Crippen LogP contribution in [0.5, 0.6) is 0 Å². The number of thiophene rings is 1. The maximum absolute atomic E-state index is 6.17. The minimum atomic E-state index is 0.839. The predicted molar refractivity (Wildman–Crippen MR) is 81.5 cm³/mol. The van der Waals surface area contributed by atoms with Crippen LogP contribution < -0.4 is 5.32 Å². The Kier molecular flexibility index (Phi) is 4.81. The number of aryl methyl sites for hydroxylation is 1. The molecule has 1 N–H and O–H groups in total. The Hall–Kier alpha value is -0.830. The van der Waals surface area contributed by atoms with Crippen LogP contribution in [0.3, 0.4) is 0 Å². The normalized spacial score (nSPS) is 10.8. The molecule has 96 valence electrons. The summed E-state index contributed by atoms with van der Waals surface area (Å²) in [5, 5.41) is 4.26. The van der Waals surface area contributed by atoms with Crippen LogP contribution in [0, 0.1) is 6.92 Å². The number of hydrogen-bond donors (Lipinski definition) is 1. The second kappa shape index (κ2) is 6.37. The molecule has 0 atom stereocenters. The molecule has 0 saturated heterocycles. The second-order valence-corrected chi connectivity index (χ2v) is 5.98. The summed E-state index contributed by atoms with van der Waals surface area (Å²) in [6.45, 7) is 6.24. The Morgan fingerprint density at radius 1 is 1.22 bits per heavy atom. The second-order valence-electron chi connectivity index (χ2n) is 4.41. The first-order chi connectivity index (χ1) is 8.70. The summed E-state index contributed by atoms with van der Waals surface area (Å²) >= 11 is 8.00. The molecule has 0 unspecified atom stereocenters. The van der Waals surface area contributed by atoms with E-state index < -0.39 is 0 Å². The van der Waals surface area contributed by atoms with Crippen LogP contribution in [0.25, 0.3) is 10.4 Å². The lowest BCUT2D eigenvalue weighted by Crippen LogP contribution is -2.12. The quantitative estimate of drug-likeness (QED) is 0.770. The standard InChI is InChI=1S/C15H18ClNS/c1-3-8-17-10-13-6-7-15(18-13)12-5-4-11(2)14(16)9-12/h4-7,9,17H,3,8,10H2,1-2H3. The molecule has 0 aliphatic heterocycles. The Bertz CT molecular complexity index is 519. The minimum absolute atomic E-state index is 0.839. The monoisotopic (exact) mass is 279 g/mol. The first-order valence-corrected chi connectivity index (χ1v) is 7.46. The zero-order valence-corrected chi connectivity index (χ0v) is 12.4. The smallest absolute Gasteiger partial charge is 0.0441 e. The third kappa shape index (κ3) is 3.35. The van der Waals surface area contributed by atoms with Crippen molar-refractivity contribution in [3.63, 3.8) is 0 Å². The molecule has 18 heavy (non-hydrogen) atoms. The van der Waals surface area contributed by atoms with Crippen molar-refractivity contribution in [2.75, 3.05) is 6.54 Å². The number of benzene rings is 1. The summed E-state index contributed by atoms with van der Waals surface area (Å²) in [5.41, 5.74) is 2.33. The van der Waals surface area contributed by atoms with Gasteiger partial charge < -0.3 is 5.32 Å². The van der Waals surface area contributed by atoms with Gasteiger partial charge in [0.05, 0.1) is 0 Å². The van der Waals surface area contributed by atoms with E-state index in [9.17, 15) is 0 Å². The lowest BCUT2D eigenvalue weighted by atomic mass is 10.1. The summed E-state index contributed by atoms with van der Waals surface area (Å²) in [6.07, 6.45) is 1.17. The highest BCUT2D eigenvalue weighted by atomic mass is 35.5. The number of nitrogens with one attached hydrogen (secondary N) is 1. The van der Waals surface area contributed by atoms with E-state index in [4.69, 9.17) is 11.6 Å². The van der Waals surface area contributed by atoms with E-state index in [1.807, 2.05) is 24.3 Å². The molecule has 0 amide bonds. The first kappa shape index (κ1) is 13.6. The van der Waals surface area contributed by atoms with E-state index in [1.54, 1.807) is 0 Å². The van der Waals surface area contributed by atoms with Crippen LogP contribution in [-0.4, -0.2) is 6.54 Å². The van der Waals surface area contributed by atoms with E-state index in [0.717, 1.165) is 23.7 Å². The minimum Gasteiger partial charge on any atom is -0.312 e. The first-order valence-electron chi connectivity index (χ1n) is 6.26. The molecule has 2 rings (SSSR count). The summed E-state index contributed by atoms with van der Waals surface area (Å²) in [6, 6.07) is 10.6. The number of halogens is 1. The van der Waals surface area contributed by atoms with Crippen molar-refractivity contribution >= 4 is 22.9 Å². The molecule has 0 saturated carbocycles. The van der Waals surface area contributed by atoms with Gasteiger partial charge in [0.15, 0.2) is 0 Å². The highest BCUT2D eigenvalue weighted by Gasteiger charge is 2.04. The van der Waals surface area contributed by atoms with Gasteiger partial charge in [-0.25, -0.2) is 0 Å². The van der Waals surface area contributed by atoms with Crippen LogP contribution in [0.4, 0.5) is 0 Å². The van der Waals surface area contributed by atoms with Crippen molar-refractivity contribution in [1.29, 1.82) is 0 Å². The van der Waals surface area contributed by atoms with Gasteiger partial charge in [-0.1, -0.05) is 30.7 Å². The van der Waals surface area contributed by atoms with Gasteiger partial charge in [-0.05, 0) is 49.2 Å². The molecule has 2 aromatic rings. The molecule has 0 bridgehead atoms. The fourth-order valence-electron chi connectivity index (χ4n) is 1.76. The molecule has 0 spiro atoms. The van der Waals surface area contributed by atoms with Gasteiger partial charge in [0.1, 0.15) is 0 Å². The SMILES string of the molecule is CCCNCc1ccc(-c2ccc(C)c(Cl)c2)s1. The summed E-state index contributed by atoms with van der Waals surface area (Å²) < 4.78 is 0. The highest BCUT2D eigenvalue weighted by Crippen LogP contribution is 2.30. The van der Waals surface area contributed by atoms with Crippen molar-refractivity contribution < 1.29 is 0 Å². The Balaban J connectivity index is 2.11. The molecule has 1 nitrogen and oxygen atoms in total. The third-order valence-electron chi connectivity index (χ3n) is 2.84. The van der Waals surface area contributed by atoms with Crippen LogP contribution in [0.1, 0.15) is 23.8 Å². The molecule has 1 aromatic heterocycles. The molecule has 1 heterocycles. The molecule has 0 radical (unpaired) electrons. The van der Waals surface area contributed by atoms with Gasteiger partial charge in [0, 0.05) is 21.3 Å². The van der Waals surface area contributed by atoms with Gasteiger partial charge in [-0.2, -0.15) is 0 Å². The fraction of sp³-hybridized carbons (Fsp3) is 0.333. The van der Waals surface area contributed by atoms with Crippen molar-refractivity contribution in [2.24, 2.45) is 0 Å². The van der Waals surface area contributed by atoms with Crippen LogP contribution >= 0.6 is 22.9 Å². The number of rotatable bonds is 5. The average Bonchev–Trinajstić information content (AvgIpc) is 2.82. The maximum Gasteiger partial charge on any atom is 0.0441 e. The lowest BCUT2D eigenvalue weighted by molar-refractivity contribution is 0.681. The molecular formula is C15H18ClNS. The van der Waals surface area contributed by atoms with Crippen LogP contribution in [0.2, 0.25) is 5.02 Å². The van der Waals surface area contributed by atoms with E-state index >= 15 is 0 Å². The molecule has 3 heteroatoms. The Morgan fingerprint density at radius 2 is 2.06 bits per heavy atom. The Labute approximate surface area is 118 Å². The molecule has 1 aromatic carbocycles. The van der Waals surface area contributed by atoms with Crippen LogP contribution in [0.15, 0.2) is 30.3 Å². The van der Waals surface area contributed by atoms with Gasteiger partial charge in [0.2, 0.25) is 0 Å². The predicted octanol–water partition coefficient (Wildman–Crippen LogP) is 4.88. The van der Waals surface area contributed by atoms with Crippen molar-refractivity contribution in [2.45, 2.75) is 26.8 Å². The summed E-state index contributed by atoms with van der Waals surface area (Å²) in [5.74, 6) is 0. The van der Waals surface area contributed by atoms with Gasteiger partial charge in [-0.3, -0.25) is 0 Å². The lowest BCUT2D eigenvalue weighted by Gasteiger charge is -2.02. The zero-order valence-electron chi connectivity index (χ0n) is 10.8. The van der Waals surface area contributed by atoms with Gasteiger partial charge >= 0.3 is 0 Å². The van der Waals surface area contributed by atoms with E-state index in [-0.39, 0.29) is 0 Å². The third-order valence-corrected chi connectivity index (χ3v) is 4.39. The van der Waals surface area contributed by atoms with Gasteiger partial charge in [-0.15, -0.1) is 11.3 Å². The average molecular weight is 280 g/mol. The molecule has 0 fully saturated rings. The Morgan fingerprint density at radius 3 is 2.78 bits per heavy atom. The topological polar surface area (TPSA) is 12.0 Å². The van der Waals surface area contributed by atoms with E-state index in [1.165, 1.54) is 21.7 Å². The number of hydrogen-bond acceptors (Lipinski definition) is 2. The maximum atomic E-state index is 6.17. The van der Waals surface area contributed by atoms with Crippen molar-refractivity contribution in [1.82, 2.24) is 5.32 Å². The largest absolute Gasteiger partial charge is 0.312 e.